The molecule has 1 aliphatic heterocycles. The average molecular weight is 422 g/mol. The first-order chi connectivity index (χ1) is 14.8. The van der Waals surface area contributed by atoms with E-state index in [0.29, 0.717) is 17.7 Å². The molecule has 3 rings (SSSR count). The van der Waals surface area contributed by atoms with Crippen molar-refractivity contribution >= 4 is 29.4 Å². The summed E-state index contributed by atoms with van der Waals surface area (Å²) in [7, 11) is 0. The predicted octanol–water partition coefficient (Wildman–Crippen LogP) is 2.22. The van der Waals surface area contributed by atoms with Crippen molar-refractivity contribution in [2.24, 2.45) is 0 Å². The normalized spacial score (nSPS) is 18.0. The van der Waals surface area contributed by atoms with Crippen LogP contribution in [-0.4, -0.2) is 41.7 Å². The Hall–Kier alpha value is -3.68. The number of para-hydroxylation sites is 1. The molecule has 0 spiro atoms. The molecule has 0 unspecified atom stereocenters. The van der Waals surface area contributed by atoms with Gasteiger partial charge >= 0.3 is 6.03 Å². The summed E-state index contributed by atoms with van der Waals surface area (Å²) in [6.45, 7) is 4.83. The van der Waals surface area contributed by atoms with Crippen molar-refractivity contribution in [1.29, 1.82) is 0 Å². The van der Waals surface area contributed by atoms with Crippen LogP contribution < -0.4 is 16.0 Å². The molecule has 0 aromatic heterocycles. The first-order valence-corrected chi connectivity index (χ1v) is 10.1. The van der Waals surface area contributed by atoms with Gasteiger partial charge in [0.2, 0.25) is 11.8 Å². The van der Waals surface area contributed by atoms with Crippen molar-refractivity contribution in [2.75, 3.05) is 18.4 Å². The van der Waals surface area contributed by atoms with Gasteiger partial charge in [-0.05, 0) is 37.0 Å². The lowest BCUT2D eigenvalue weighted by Gasteiger charge is -2.25. The molecule has 1 atom stereocenters. The number of carbonyl (C=O) groups is 4. The van der Waals surface area contributed by atoms with Crippen LogP contribution in [0.3, 0.4) is 0 Å². The minimum atomic E-state index is -1.20. The number of hydrogen-bond donors (Lipinski definition) is 3. The topological polar surface area (TPSA) is 108 Å². The summed E-state index contributed by atoms with van der Waals surface area (Å²) in [6, 6.07) is 14.0. The molecule has 2 aromatic rings. The number of urea groups is 1. The fourth-order valence-corrected chi connectivity index (χ4v) is 3.71. The van der Waals surface area contributed by atoms with Gasteiger partial charge in [-0.15, -0.1) is 0 Å². The lowest BCUT2D eigenvalue weighted by atomic mass is 9.87. The second-order valence-corrected chi connectivity index (χ2v) is 7.54. The Morgan fingerprint density at radius 3 is 2.23 bits per heavy atom. The number of rotatable bonds is 7. The quantitative estimate of drug-likeness (QED) is 0.595. The zero-order chi connectivity index (χ0) is 22.6. The molecule has 1 saturated heterocycles. The van der Waals surface area contributed by atoms with Crippen LogP contribution in [0.1, 0.15) is 30.0 Å². The van der Waals surface area contributed by atoms with Gasteiger partial charge in [0.15, 0.2) is 0 Å². The zero-order valence-corrected chi connectivity index (χ0v) is 17.8. The molecule has 8 heteroatoms. The first-order valence-electron chi connectivity index (χ1n) is 10.1. The van der Waals surface area contributed by atoms with Gasteiger partial charge in [0, 0.05) is 5.69 Å². The number of hydrogen-bond acceptors (Lipinski definition) is 4. The number of benzene rings is 2. The molecule has 0 bridgehead atoms. The Bertz CT molecular complexity index is 1000. The fraction of sp³-hybridized carbons (Fsp3) is 0.304. The summed E-state index contributed by atoms with van der Waals surface area (Å²) < 4.78 is 0. The Morgan fingerprint density at radius 2 is 1.61 bits per heavy atom. The number of imide groups is 1. The highest BCUT2D eigenvalue weighted by Crippen LogP contribution is 2.32. The molecule has 2 aromatic carbocycles. The largest absolute Gasteiger partial charge is 0.345 e. The Kier molecular flexibility index (Phi) is 6.39. The van der Waals surface area contributed by atoms with E-state index in [1.165, 1.54) is 0 Å². The smallest absolute Gasteiger partial charge is 0.325 e. The number of amides is 5. The highest BCUT2D eigenvalue weighted by molar-refractivity contribution is 6.09. The van der Waals surface area contributed by atoms with E-state index in [9.17, 15) is 19.2 Å². The van der Waals surface area contributed by atoms with Crippen molar-refractivity contribution in [3.63, 3.8) is 0 Å². The van der Waals surface area contributed by atoms with E-state index in [1.807, 2.05) is 38.1 Å². The van der Waals surface area contributed by atoms with Gasteiger partial charge < -0.3 is 16.0 Å². The minimum Gasteiger partial charge on any atom is -0.345 e. The molecule has 8 nitrogen and oxygen atoms in total. The van der Waals surface area contributed by atoms with Crippen LogP contribution in [0, 0.1) is 13.8 Å². The van der Waals surface area contributed by atoms with Crippen molar-refractivity contribution < 1.29 is 19.2 Å². The lowest BCUT2D eigenvalue weighted by molar-refractivity contribution is -0.135. The maximum Gasteiger partial charge on any atom is 0.325 e. The van der Waals surface area contributed by atoms with Gasteiger partial charge in [0.1, 0.15) is 12.1 Å². The van der Waals surface area contributed by atoms with Crippen LogP contribution in [0.4, 0.5) is 10.5 Å². The van der Waals surface area contributed by atoms with Gasteiger partial charge in [-0.25, -0.2) is 4.79 Å². The van der Waals surface area contributed by atoms with E-state index < -0.39 is 35.8 Å². The number of nitrogens with one attached hydrogen (secondary N) is 3. The van der Waals surface area contributed by atoms with Crippen LogP contribution >= 0.6 is 0 Å². The van der Waals surface area contributed by atoms with Crippen LogP contribution in [-0.2, 0) is 19.9 Å². The van der Waals surface area contributed by atoms with E-state index in [2.05, 4.69) is 16.0 Å². The maximum absolute atomic E-state index is 13.0. The fourth-order valence-electron chi connectivity index (χ4n) is 3.71. The SMILES string of the molecule is CC[C@]1(c2ccccc2)NC(=O)N(CC(=O)NCC(=O)Nc2c(C)cccc2C)C1=O. The highest BCUT2D eigenvalue weighted by atomic mass is 16.2. The van der Waals surface area contributed by atoms with Crippen LogP contribution in [0.5, 0.6) is 0 Å². The zero-order valence-electron chi connectivity index (χ0n) is 17.8. The number of carbonyl (C=O) groups excluding carboxylic acids is 4. The van der Waals surface area contributed by atoms with Gasteiger partial charge in [0.25, 0.3) is 5.91 Å². The van der Waals surface area contributed by atoms with Crippen molar-refractivity contribution in [3.05, 3.63) is 65.2 Å². The standard InChI is InChI=1S/C23H26N4O4/c1-4-23(17-11-6-5-7-12-17)21(30)27(22(31)26-23)14-19(29)24-13-18(28)25-20-15(2)9-8-10-16(20)3/h5-12H,4,13-14H2,1-3H3,(H,24,29)(H,25,28)(H,26,31)/t23-/m1/s1. The second kappa shape index (κ2) is 8.99. The third-order valence-electron chi connectivity index (χ3n) is 5.47. The third-order valence-corrected chi connectivity index (χ3v) is 5.47. The Morgan fingerprint density at radius 1 is 0.968 bits per heavy atom. The number of nitrogens with zero attached hydrogens (tertiary/aromatic N) is 1. The van der Waals surface area contributed by atoms with Crippen molar-refractivity contribution in [3.8, 4) is 0 Å². The first kappa shape index (κ1) is 22.0. The minimum absolute atomic E-state index is 0.270. The highest BCUT2D eigenvalue weighted by Gasteiger charge is 2.51. The molecule has 3 N–H and O–H groups in total. The molecule has 1 fully saturated rings. The molecular formula is C23H26N4O4. The van der Waals surface area contributed by atoms with E-state index in [1.54, 1.807) is 31.2 Å². The molecule has 5 amide bonds. The van der Waals surface area contributed by atoms with Crippen molar-refractivity contribution in [2.45, 2.75) is 32.7 Å². The van der Waals surface area contributed by atoms with E-state index in [4.69, 9.17) is 0 Å². The molecular weight excluding hydrogens is 396 g/mol. The molecule has 0 aliphatic carbocycles. The summed E-state index contributed by atoms with van der Waals surface area (Å²) >= 11 is 0. The molecule has 0 radical (unpaired) electrons. The van der Waals surface area contributed by atoms with Crippen molar-refractivity contribution in [1.82, 2.24) is 15.5 Å². The predicted molar refractivity (Wildman–Crippen MR) is 116 cm³/mol. The number of aryl methyl sites for hydroxylation is 2. The summed E-state index contributed by atoms with van der Waals surface area (Å²) in [5, 5.41) is 7.97. The Labute approximate surface area is 181 Å². The van der Waals surface area contributed by atoms with Gasteiger partial charge in [-0.1, -0.05) is 55.5 Å². The van der Waals surface area contributed by atoms with Crippen LogP contribution in [0.15, 0.2) is 48.5 Å². The summed E-state index contributed by atoms with van der Waals surface area (Å²) in [5.74, 6) is -1.48. The second-order valence-electron chi connectivity index (χ2n) is 7.54. The average Bonchev–Trinajstić information content (AvgIpc) is 3.00. The summed E-state index contributed by atoms with van der Waals surface area (Å²) in [4.78, 5) is 51.0. The van der Waals surface area contributed by atoms with E-state index in [-0.39, 0.29) is 6.54 Å². The van der Waals surface area contributed by atoms with E-state index in [0.717, 1.165) is 16.0 Å². The molecule has 0 saturated carbocycles. The van der Waals surface area contributed by atoms with Crippen LogP contribution in [0.25, 0.3) is 0 Å². The monoisotopic (exact) mass is 422 g/mol. The lowest BCUT2D eigenvalue weighted by Crippen LogP contribution is -2.45. The van der Waals surface area contributed by atoms with Gasteiger partial charge in [-0.2, -0.15) is 0 Å². The number of anilines is 1. The summed E-state index contributed by atoms with van der Waals surface area (Å²) in [6.07, 6.45) is 0.345. The maximum atomic E-state index is 13.0. The summed E-state index contributed by atoms with van der Waals surface area (Å²) in [5.41, 5.74) is 1.99. The van der Waals surface area contributed by atoms with Crippen LogP contribution in [0.2, 0.25) is 0 Å². The molecule has 31 heavy (non-hydrogen) atoms. The molecule has 162 valence electrons. The van der Waals surface area contributed by atoms with Gasteiger partial charge in [0.05, 0.1) is 6.54 Å². The molecule has 1 aliphatic rings. The van der Waals surface area contributed by atoms with Gasteiger partial charge in [-0.3, -0.25) is 19.3 Å². The molecule has 1 heterocycles. The van der Waals surface area contributed by atoms with E-state index >= 15 is 0 Å². The Balaban J connectivity index is 1.61. The third kappa shape index (κ3) is 4.42.